The lowest BCUT2D eigenvalue weighted by molar-refractivity contribution is -0.141. The zero-order valence-corrected chi connectivity index (χ0v) is 9.41. The van der Waals surface area contributed by atoms with Crippen LogP contribution in [0.15, 0.2) is 4.99 Å². The molecule has 15 heavy (non-hydrogen) atoms. The van der Waals surface area contributed by atoms with E-state index in [2.05, 4.69) is 4.99 Å². The van der Waals surface area contributed by atoms with Gasteiger partial charge in [0.15, 0.2) is 0 Å². The first-order valence-corrected chi connectivity index (χ1v) is 4.89. The highest BCUT2D eigenvalue weighted by Gasteiger charge is 2.12. The van der Waals surface area contributed by atoms with Crippen LogP contribution in [0.2, 0.25) is 0 Å². The highest BCUT2D eigenvalue weighted by atomic mass is 16.5. The molecule has 0 spiro atoms. The van der Waals surface area contributed by atoms with E-state index in [1.807, 2.05) is 0 Å². The average Bonchev–Trinajstić information content (AvgIpc) is 2.17. The maximum Gasteiger partial charge on any atom is 0.311 e. The summed E-state index contributed by atoms with van der Waals surface area (Å²) in [5, 5.41) is 0. The topological polar surface area (TPSA) is 65.0 Å². The number of carbonyl (C=O) groups is 2. The minimum absolute atomic E-state index is 0.0448. The van der Waals surface area contributed by atoms with Crippen molar-refractivity contribution in [3.63, 3.8) is 0 Å². The van der Waals surface area contributed by atoms with Gasteiger partial charge in [0.1, 0.15) is 0 Å². The summed E-state index contributed by atoms with van der Waals surface area (Å²) in [6, 6.07) is 0. The van der Waals surface area contributed by atoms with Gasteiger partial charge in [-0.05, 0) is 13.8 Å². The third-order valence-corrected chi connectivity index (χ3v) is 1.62. The predicted octanol–water partition coefficient (Wildman–Crippen LogP) is 0.964. The van der Waals surface area contributed by atoms with Gasteiger partial charge < -0.3 is 9.47 Å². The van der Waals surface area contributed by atoms with Crippen molar-refractivity contribution in [2.45, 2.75) is 26.7 Å². The molecule has 0 heterocycles. The molecule has 0 aromatic rings. The van der Waals surface area contributed by atoms with Crippen LogP contribution >= 0.6 is 0 Å². The van der Waals surface area contributed by atoms with E-state index in [0.717, 1.165) is 0 Å². The van der Waals surface area contributed by atoms with Crippen molar-refractivity contribution in [2.75, 3.05) is 20.3 Å². The van der Waals surface area contributed by atoms with Gasteiger partial charge in [0.05, 0.1) is 26.1 Å². The summed E-state index contributed by atoms with van der Waals surface area (Å²) in [7, 11) is 1.54. The van der Waals surface area contributed by atoms with Crippen molar-refractivity contribution < 1.29 is 19.1 Å². The number of rotatable bonds is 6. The largest absolute Gasteiger partial charge is 0.466 e. The summed E-state index contributed by atoms with van der Waals surface area (Å²) < 4.78 is 9.49. The van der Waals surface area contributed by atoms with Crippen LogP contribution in [0.25, 0.3) is 0 Å². The fourth-order valence-electron chi connectivity index (χ4n) is 0.978. The number of ether oxygens (including phenoxy) is 2. The zero-order chi connectivity index (χ0) is 11.7. The third kappa shape index (κ3) is 6.65. The number of esters is 2. The quantitative estimate of drug-likeness (QED) is 0.489. The van der Waals surface area contributed by atoms with Crippen LogP contribution in [0.3, 0.4) is 0 Å². The Kier molecular flexibility index (Phi) is 7.23. The Balaban J connectivity index is 4.04. The van der Waals surface area contributed by atoms with Crippen molar-refractivity contribution in [2.24, 2.45) is 4.99 Å². The Bertz CT molecular complexity index is 226. The lowest BCUT2D eigenvalue weighted by Crippen LogP contribution is -2.16. The maximum absolute atomic E-state index is 11.1. The minimum atomic E-state index is -0.373. The van der Waals surface area contributed by atoms with Crippen LogP contribution in [0.5, 0.6) is 0 Å². The van der Waals surface area contributed by atoms with Crippen LogP contribution < -0.4 is 0 Å². The summed E-state index contributed by atoms with van der Waals surface area (Å²) in [4.78, 5) is 26.0. The monoisotopic (exact) mass is 215 g/mol. The lowest BCUT2D eigenvalue weighted by atomic mass is 10.2. The van der Waals surface area contributed by atoms with Gasteiger partial charge in [-0.1, -0.05) is 0 Å². The third-order valence-electron chi connectivity index (χ3n) is 1.62. The van der Waals surface area contributed by atoms with Crippen LogP contribution in [-0.2, 0) is 19.1 Å². The summed E-state index contributed by atoms with van der Waals surface area (Å²) >= 11 is 0. The van der Waals surface area contributed by atoms with E-state index >= 15 is 0 Å². The second-order valence-corrected chi connectivity index (χ2v) is 2.75. The molecule has 0 rings (SSSR count). The van der Waals surface area contributed by atoms with E-state index in [1.165, 1.54) is 7.05 Å². The van der Waals surface area contributed by atoms with Gasteiger partial charge in [-0.25, -0.2) is 0 Å². The van der Waals surface area contributed by atoms with Gasteiger partial charge in [0.2, 0.25) is 0 Å². The molecule has 0 aromatic heterocycles. The second kappa shape index (κ2) is 7.96. The molecule has 0 fully saturated rings. The summed E-state index contributed by atoms with van der Waals surface area (Å²) in [6.45, 7) is 4.11. The van der Waals surface area contributed by atoms with Crippen molar-refractivity contribution >= 4 is 17.7 Å². The van der Waals surface area contributed by atoms with Crippen LogP contribution in [0, 0.1) is 0 Å². The van der Waals surface area contributed by atoms with Crippen molar-refractivity contribution in [3.8, 4) is 0 Å². The van der Waals surface area contributed by atoms with Gasteiger partial charge in [0.25, 0.3) is 0 Å². The van der Waals surface area contributed by atoms with Crippen molar-refractivity contribution in [1.29, 1.82) is 0 Å². The molecule has 0 N–H and O–H groups in total. The molecule has 0 saturated carbocycles. The van der Waals surface area contributed by atoms with Gasteiger partial charge in [-0.3, -0.25) is 14.6 Å². The first-order valence-electron chi connectivity index (χ1n) is 4.89. The molecule has 0 atom stereocenters. The SMILES string of the molecule is CCOC(=O)CC(CC(=O)OCC)=NC. The molecule has 0 aromatic carbocycles. The number of aliphatic imine (C=N–C) groups is 1. The van der Waals surface area contributed by atoms with Gasteiger partial charge in [-0.15, -0.1) is 0 Å². The van der Waals surface area contributed by atoms with E-state index < -0.39 is 0 Å². The molecule has 0 radical (unpaired) electrons. The van der Waals surface area contributed by atoms with Gasteiger partial charge in [0, 0.05) is 12.8 Å². The van der Waals surface area contributed by atoms with E-state index in [1.54, 1.807) is 13.8 Å². The standard InChI is InChI=1S/C10H17NO4/c1-4-14-9(12)6-8(11-3)7-10(13)15-5-2/h4-7H2,1-3H3. The molecule has 0 unspecified atom stereocenters. The zero-order valence-electron chi connectivity index (χ0n) is 9.41. The molecule has 0 amide bonds. The van der Waals surface area contributed by atoms with Crippen molar-refractivity contribution in [1.82, 2.24) is 0 Å². The molecule has 0 aliphatic heterocycles. The molecule has 5 heteroatoms. The Morgan fingerprint density at radius 2 is 1.40 bits per heavy atom. The summed E-state index contributed by atoms with van der Waals surface area (Å²) in [6.07, 6.45) is 0.0896. The van der Waals surface area contributed by atoms with Crippen LogP contribution in [-0.4, -0.2) is 37.9 Å². The Hall–Kier alpha value is -1.39. The fourth-order valence-corrected chi connectivity index (χ4v) is 0.978. The van der Waals surface area contributed by atoms with Crippen LogP contribution in [0.1, 0.15) is 26.7 Å². The second-order valence-electron chi connectivity index (χ2n) is 2.75. The molecule has 0 saturated heterocycles. The molecular weight excluding hydrogens is 198 g/mol. The maximum atomic E-state index is 11.1. The lowest BCUT2D eigenvalue weighted by Gasteiger charge is -2.05. The summed E-state index contributed by atoms with van der Waals surface area (Å²) in [5.74, 6) is -0.746. The summed E-state index contributed by atoms with van der Waals surface area (Å²) in [5.41, 5.74) is 0.479. The normalized spacial score (nSPS) is 9.27. The number of hydrogen-bond donors (Lipinski definition) is 0. The van der Waals surface area contributed by atoms with E-state index in [-0.39, 0.29) is 24.8 Å². The highest BCUT2D eigenvalue weighted by molar-refractivity contribution is 6.06. The van der Waals surface area contributed by atoms with Gasteiger partial charge in [-0.2, -0.15) is 0 Å². The Labute approximate surface area is 89.5 Å². The molecule has 5 nitrogen and oxygen atoms in total. The van der Waals surface area contributed by atoms with Crippen LogP contribution in [0.4, 0.5) is 0 Å². The first-order chi connectivity index (χ1) is 7.13. The van der Waals surface area contributed by atoms with Crippen molar-refractivity contribution in [3.05, 3.63) is 0 Å². The Morgan fingerprint density at radius 1 is 1.00 bits per heavy atom. The number of hydrogen-bond acceptors (Lipinski definition) is 5. The minimum Gasteiger partial charge on any atom is -0.466 e. The van der Waals surface area contributed by atoms with E-state index in [4.69, 9.17) is 9.47 Å². The van der Waals surface area contributed by atoms with E-state index in [0.29, 0.717) is 18.9 Å². The Morgan fingerprint density at radius 3 is 1.67 bits per heavy atom. The highest BCUT2D eigenvalue weighted by Crippen LogP contribution is 1.98. The smallest absolute Gasteiger partial charge is 0.311 e. The molecule has 0 bridgehead atoms. The van der Waals surface area contributed by atoms with Gasteiger partial charge >= 0.3 is 11.9 Å². The average molecular weight is 215 g/mol. The molecular formula is C10H17NO4. The molecule has 0 aliphatic carbocycles. The predicted molar refractivity (Wildman–Crippen MR) is 55.9 cm³/mol. The van der Waals surface area contributed by atoms with E-state index in [9.17, 15) is 9.59 Å². The fraction of sp³-hybridized carbons (Fsp3) is 0.700. The molecule has 0 aliphatic rings. The molecule has 86 valence electrons. The number of nitrogens with zero attached hydrogens (tertiary/aromatic N) is 1. The first kappa shape index (κ1) is 13.6. The number of carbonyl (C=O) groups excluding carboxylic acids is 2.